The number of fused-ring (bicyclic) bond motifs is 1. The molecule has 7 nitrogen and oxygen atoms in total. The summed E-state index contributed by atoms with van der Waals surface area (Å²) in [5.74, 6) is 1.84. The van der Waals surface area contributed by atoms with E-state index in [9.17, 15) is 4.79 Å². The van der Waals surface area contributed by atoms with Crippen molar-refractivity contribution in [2.75, 3.05) is 26.2 Å². The molecule has 166 valence electrons. The Morgan fingerprint density at radius 2 is 2.03 bits per heavy atom. The van der Waals surface area contributed by atoms with E-state index in [4.69, 9.17) is 15.1 Å². The van der Waals surface area contributed by atoms with Crippen LogP contribution in [0.4, 0.5) is 0 Å². The molecule has 1 aromatic heterocycles. The van der Waals surface area contributed by atoms with Gasteiger partial charge in [0.25, 0.3) is 5.91 Å². The third-order valence-electron chi connectivity index (χ3n) is 6.34. The molecule has 0 spiro atoms. The zero-order valence-corrected chi connectivity index (χ0v) is 18.3. The van der Waals surface area contributed by atoms with Crippen molar-refractivity contribution in [3.05, 3.63) is 59.5 Å². The lowest BCUT2D eigenvalue weighted by molar-refractivity contribution is 0.0372. The van der Waals surface area contributed by atoms with Crippen LogP contribution in [0, 0.1) is 5.92 Å². The fourth-order valence-corrected chi connectivity index (χ4v) is 4.89. The van der Waals surface area contributed by atoms with Crippen molar-refractivity contribution >= 4 is 11.9 Å². The molecular formula is C24H33N5O2. The highest BCUT2D eigenvalue weighted by Gasteiger charge is 2.36. The maximum Gasteiger partial charge on any atom is 0.284 e. The molecule has 3 heterocycles. The molecule has 0 bridgehead atoms. The minimum absolute atomic E-state index is 0.178. The summed E-state index contributed by atoms with van der Waals surface area (Å²) in [6, 6.07) is 14.8. The van der Waals surface area contributed by atoms with Crippen molar-refractivity contribution in [3.63, 3.8) is 0 Å². The van der Waals surface area contributed by atoms with E-state index in [0.29, 0.717) is 24.3 Å². The Bertz CT molecular complexity index is 894. The third-order valence-corrected chi connectivity index (χ3v) is 6.34. The number of aliphatic imine (C=N–C) groups is 1. The van der Waals surface area contributed by atoms with Crippen LogP contribution in [0.3, 0.4) is 0 Å². The van der Waals surface area contributed by atoms with Gasteiger partial charge in [-0.05, 0) is 56.3 Å². The van der Waals surface area contributed by atoms with E-state index in [0.717, 1.165) is 38.6 Å². The van der Waals surface area contributed by atoms with Gasteiger partial charge in [0.1, 0.15) is 12.3 Å². The van der Waals surface area contributed by atoms with Crippen LogP contribution < -0.4 is 11.1 Å². The van der Waals surface area contributed by atoms with Gasteiger partial charge in [-0.15, -0.1) is 0 Å². The zero-order valence-electron chi connectivity index (χ0n) is 18.3. The fourth-order valence-electron chi connectivity index (χ4n) is 4.89. The molecule has 0 saturated carbocycles. The first-order valence-electron chi connectivity index (χ1n) is 11.3. The van der Waals surface area contributed by atoms with Crippen LogP contribution >= 0.6 is 0 Å². The van der Waals surface area contributed by atoms with Crippen LogP contribution in [0.2, 0.25) is 0 Å². The van der Waals surface area contributed by atoms with Crippen LogP contribution in [0.1, 0.15) is 48.1 Å². The Morgan fingerprint density at radius 1 is 1.19 bits per heavy atom. The normalized spacial score (nSPS) is 22.2. The summed E-state index contributed by atoms with van der Waals surface area (Å²) >= 11 is 0. The zero-order chi connectivity index (χ0) is 21.6. The SMILES string of the molecule is CCNC(=NCc1ccc(C(N)=O)o1)N1CCC2C(CCCN2Cc2ccccc2)C1. The van der Waals surface area contributed by atoms with Crippen molar-refractivity contribution in [2.24, 2.45) is 16.6 Å². The van der Waals surface area contributed by atoms with Gasteiger partial charge >= 0.3 is 0 Å². The first-order chi connectivity index (χ1) is 15.1. The number of amides is 1. The number of nitrogens with two attached hydrogens (primary N) is 1. The summed E-state index contributed by atoms with van der Waals surface area (Å²) < 4.78 is 5.48. The summed E-state index contributed by atoms with van der Waals surface area (Å²) in [6.07, 6.45) is 3.66. The highest BCUT2D eigenvalue weighted by atomic mass is 16.3. The summed E-state index contributed by atoms with van der Waals surface area (Å²) in [7, 11) is 0. The van der Waals surface area contributed by atoms with Gasteiger partial charge in [-0.25, -0.2) is 4.99 Å². The second-order valence-electron chi connectivity index (χ2n) is 8.46. The summed E-state index contributed by atoms with van der Waals surface area (Å²) in [6.45, 7) is 7.52. The van der Waals surface area contributed by atoms with E-state index in [1.807, 2.05) is 0 Å². The summed E-state index contributed by atoms with van der Waals surface area (Å²) in [4.78, 5) is 21.1. The number of benzene rings is 1. The van der Waals surface area contributed by atoms with Gasteiger partial charge in [-0.2, -0.15) is 0 Å². The maximum absolute atomic E-state index is 11.2. The molecule has 0 aliphatic carbocycles. The monoisotopic (exact) mass is 423 g/mol. The highest BCUT2D eigenvalue weighted by Crippen LogP contribution is 2.31. The Kier molecular flexibility index (Phi) is 6.92. The molecule has 0 radical (unpaired) electrons. The number of furan rings is 1. The number of primary amides is 1. The van der Waals surface area contributed by atoms with Crippen LogP contribution in [0.25, 0.3) is 0 Å². The predicted octanol–water partition coefficient (Wildman–Crippen LogP) is 2.83. The average Bonchev–Trinajstić information content (AvgIpc) is 3.27. The van der Waals surface area contributed by atoms with Crippen molar-refractivity contribution in [2.45, 2.75) is 45.3 Å². The standard InChI is InChI=1S/C24H33N5O2/c1-2-26-24(27-15-20-10-11-22(31-20)23(25)30)29-14-12-21-19(17-29)9-6-13-28(21)16-18-7-4-3-5-8-18/h3-5,7-8,10-11,19,21H,2,6,9,12-17H2,1H3,(H2,25,30)(H,26,27). The molecule has 2 aliphatic heterocycles. The van der Waals surface area contributed by atoms with E-state index in [1.165, 1.54) is 24.9 Å². The number of piperidine rings is 2. The first-order valence-corrected chi connectivity index (χ1v) is 11.3. The Morgan fingerprint density at radius 3 is 2.77 bits per heavy atom. The molecule has 2 unspecified atom stereocenters. The molecule has 2 saturated heterocycles. The van der Waals surface area contributed by atoms with E-state index in [-0.39, 0.29) is 5.76 Å². The minimum Gasteiger partial charge on any atom is -0.454 e. The van der Waals surface area contributed by atoms with E-state index in [1.54, 1.807) is 12.1 Å². The highest BCUT2D eigenvalue weighted by molar-refractivity contribution is 5.89. The van der Waals surface area contributed by atoms with Crippen LogP contribution in [0.5, 0.6) is 0 Å². The molecule has 2 atom stereocenters. The lowest BCUT2D eigenvalue weighted by atomic mass is 9.83. The second-order valence-corrected chi connectivity index (χ2v) is 8.46. The molecule has 3 N–H and O–H groups in total. The molecule has 4 rings (SSSR count). The van der Waals surface area contributed by atoms with Gasteiger partial charge in [0.2, 0.25) is 0 Å². The van der Waals surface area contributed by atoms with Gasteiger partial charge in [0, 0.05) is 32.2 Å². The molecule has 1 aromatic carbocycles. The van der Waals surface area contributed by atoms with Gasteiger partial charge in [0.05, 0.1) is 0 Å². The molecular weight excluding hydrogens is 390 g/mol. The summed E-state index contributed by atoms with van der Waals surface area (Å²) in [5.41, 5.74) is 6.67. The molecule has 7 heteroatoms. The Hall–Kier alpha value is -2.80. The molecule has 1 amide bonds. The number of carbonyl (C=O) groups excluding carboxylic acids is 1. The minimum atomic E-state index is -0.554. The van der Waals surface area contributed by atoms with Crippen molar-refractivity contribution < 1.29 is 9.21 Å². The summed E-state index contributed by atoms with van der Waals surface area (Å²) in [5, 5.41) is 3.43. The quantitative estimate of drug-likeness (QED) is 0.551. The van der Waals surface area contributed by atoms with E-state index >= 15 is 0 Å². The van der Waals surface area contributed by atoms with Gasteiger partial charge in [0.15, 0.2) is 11.7 Å². The largest absolute Gasteiger partial charge is 0.454 e. The molecule has 2 fully saturated rings. The van der Waals surface area contributed by atoms with Crippen LogP contribution in [-0.4, -0.2) is 53.9 Å². The first kappa shape index (κ1) is 21.4. The van der Waals surface area contributed by atoms with E-state index < -0.39 is 5.91 Å². The predicted molar refractivity (Wildman–Crippen MR) is 122 cm³/mol. The number of hydrogen-bond acceptors (Lipinski definition) is 4. The number of carbonyl (C=O) groups is 1. The second kappa shape index (κ2) is 10.0. The Labute approximate surface area is 184 Å². The van der Waals surface area contributed by atoms with Crippen LogP contribution in [0.15, 0.2) is 51.9 Å². The maximum atomic E-state index is 11.2. The topological polar surface area (TPSA) is 87.1 Å². The van der Waals surface area contributed by atoms with E-state index in [2.05, 4.69) is 52.4 Å². The molecule has 2 aliphatic rings. The number of likely N-dealkylation sites (tertiary alicyclic amines) is 2. The number of nitrogens with one attached hydrogen (secondary N) is 1. The number of guanidine groups is 1. The number of hydrogen-bond donors (Lipinski definition) is 2. The third kappa shape index (κ3) is 5.28. The molecule has 2 aromatic rings. The molecule has 31 heavy (non-hydrogen) atoms. The number of rotatable bonds is 6. The Balaban J connectivity index is 1.40. The van der Waals surface area contributed by atoms with Crippen molar-refractivity contribution in [3.8, 4) is 0 Å². The van der Waals surface area contributed by atoms with Crippen molar-refractivity contribution in [1.82, 2.24) is 15.1 Å². The van der Waals surface area contributed by atoms with Gasteiger partial charge < -0.3 is 20.4 Å². The number of nitrogens with zero attached hydrogens (tertiary/aromatic N) is 3. The smallest absolute Gasteiger partial charge is 0.284 e. The average molecular weight is 424 g/mol. The lowest BCUT2D eigenvalue weighted by Gasteiger charge is -2.48. The van der Waals surface area contributed by atoms with Gasteiger partial charge in [-0.1, -0.05) is 30.3 Å². The van der Waals surface area contributed by atoms with Gasteiger partial charge in [-0.3, -0.25) is 9.69 Å². The fraction of sp³-hybridized carbons (Fsp3) is 0.500. The van der Waals surface area contributed by atoms with Crippen LogP contribution in [-0.2, 0) is 13.1 Å². The lowest BCUT2D eigenvalue weighted by Crippen LogP contribution is -2.56. The van der Waals surface area contributed by atoms with Crippen molar-refractivity contribution in [1.29, 1.82) is 0 Å².